The Labute approximate surface area is 119 Å². The minimum absolute atomic E-state index is 0.149. The van der Waals surface area contributed by atoms with Crippen molar-refractivity contribution >= 4 is 23.0 Å². The van der Waals surface area contributed by atoms with Crippen molar-refractivity contribution in [3.63, 3.8) is 0 Å². The third kappa shape index (κ3) is 3.14. The first-order chi connectivity index (χ1) is 9.88. The Morgan fingerprint density at radius 2 is 2.00 bits per heavy atom. The third-order valence-electron chi connectivity index (χ3n) is 2.90. The van der Waals surface area contributed by atoms with Crippen molar-refractivity contribution in [3.05, 3.63) is 63.5 Å². The van der Waals surface area contributed by atoms with Gasteiger partial charge in [-0.1, -0.05) is 0 Å². The topological polar surface area (TPSA) is 98.3 Å². The van der Waals surface area contributed by atoms with E-state index in [4.69, 9.17) is 5.73 Å². The zero-order chi connectivity index (χ0) is 15.6. The van der Waals surface area contributed by atoms with E-state index in [2.05, 4.69) is 5.32 Å². The second kappa shape index (κ2) is 5.58. The molecule has 0 aliphatic carbocycles. The second-order valence-electron chi connectivity index (χ2n) is 4.45. The number of nitrogens with two attached hydrogens (primary N) is 1. The first-order valence-electron chi connectivity index (χ1n) is 6.00. The van der Waals surface area contributed by atoms with Crippen LogP contribution in [0, 0.1) is 22.9 Å². The lowest BCUT2D eigenvalue weighted by Gasteiger charge is -2.09. The molecule has 0 bridgehead atoms. The Hall–Kier alpha value is -2.96. The summed E-state index contributed by atoms with van der Waals surface area (Å²) in [5, 5.41) is 13.4. The number of amides is 1. The Morgan fingerprint density at radius 3 is 2.62 bits per heavy atom. The van der Waals surface area contributed by atoms with Crippen LogP contribution < -0.4 is 11.1 Å². The number of nitrogen functional groups attached to an aromatic ring is 1. The zero-order valence-electron chi connectivity index (χ0n) is 11.1. The van der Waals surface area contributed by atoms with Crippen LogP contribution in [-0.2, 0) is 0 Å². The molecule has 0 aliphatic rings. The lowest BCUT2D eigenvalue weighted by atomic mass is 10.1. The van der Waals surface area contributed by atoms with Gasteiger partial charge in [-0.25, -0.2) is 4.39 Å². The Bertz CT molecular complexity index is 731. The average Bonchev–Trinajstić information content (AvgIpc) is 2.41. The normalized spacial score (nSPS) is 10.2. The lowest BCUT2D eigenvalue weighted by Crippen LogP contribution is -2.15. The van der Waals surface area contributed by atoms with E-state index in [-0.39, 0.29) is 16.9 Å². The number of nitrogens with zero attached hydrogens (tertiary/aromatic N) is 1. The number of nitrogens with one attached hydrogen (secondary N) is 1. The number of aryl methyl sites for hydroxylation is 1. The summed E-state index contributed by atoms with van der Waals surface area (Å²) in [6, 6.07) is 7.58. The van der Waals surface area contributed by atoms with Gasteiger partial charge in [0, 0.05) is 17.4 Å². The standard InChI is InChI=1S/C14H12FN3O3/c1-8-6-9(15)2-4-12(8)17-14(19)11-7-10(16)3-5-13(11)18(20)21/h2-7H,16H2,1H3,(H,17,19). The van der Waals surface area contributed by atoms with Gasteiger partial charge in [0.25, 0.3) is 11.6 Å². The van der Waals surface area contributed by atoms with Gasteiger partial charge in [0.05, 0.1) is 4.92 Å². The molecule has 0 atom stereocenters. The van der Waals surface area contributed by atoms with E-state index < -0.39 is 16.6 Å². The summed E-state index contributed by atoms with van der Waals surface area (Å²) in [5.41, 5.74) is 6.18. The Balaban J connectivity index is 2.36. The van der Waals surface area contributed by atoms with Crippen molar-refractivity contribution in [1.82, 2.24) is 0 Å². The maximum absolute atomic E-state index is 13.0. The molecule has 7 heteroatoms. The van der Waals surface area contributed by atoms with Crippen LogP contribution in [0.15, 0.2) is 36.4 Å². The molecule has 2 aromatic carbocycles. The number of nitro benzene ring substituents is 1. The molecule has 0 aliphatic heterocycles. The fraction of sp³-hybridized carbons (Fsp3) is 0.0714. The Kier molecular flexibility index (Phi) is 3.84. The zero-order valence-corrected chi connectivity index (χ0v) is 11.1. The number of carbonyl (C=O) groups is 1. The molecular weight excluding hydrogens is 277 g/mol. The SMILES string of the molecule is Cc1cc(F)ccc1NC(=O)c1cc(N)ccc1[N+](=O)[O-]. The highest BCUT2D eigenvalue weighted by atomic mass is 19.1. The van der Waals surface area contributed by atoms with Crippen LogP contribution in [0.2, 0.25) is 0 Å². The van der Waals surface area contributed by atoms with Gasteiger partial charge in [-0.05, 0) is 42.8 Å². The average molecular weight is 289 g/mol. The first kappa shape index (κ1) is 14.4. The second-order valence-corrected chi connectivity index (χ2v) is 4.45. The van der Waals surface area contributed by atoms with Crippen LogP contribution in [0.25, 0.3) is 0 Å². The minimum Gasteiger partial charge on any atom is -0.399 e. The summed E-state index contributed by atoms with van der Waals surface area (Å²) in [4.78, 5) is 22.4. The molecule has 0 heterocycles. The maximum Gasteiger partial charge on any atom is 0.282 e. The molecular formula is C14H12FN3O3. The van der Waals surface area contributed by atoms with Gasteiger partial charge in [-0.15, -0.1) is 0 Å². The number of anilines is 2. The van der Waals surface area contributed by atoms with Crippen LogP contribution in [-0.4, -0.2) is 10.8 Å². The number of benzene rings is 2. The van der Waals surface area contributed by atoms with Gasteiger partial charge in [0.1, 0.15) is 11.4 Å². The van der Waals surface area contributed by atoms with E-state index in [0.717, 1.165) is 0 Å². The van der Waals surface area contributed by atoms with E-state index in [1.165, 1.54) is 36.4 Å². The van der Waals surface area contributed by atoms with Crippen molar-refractivity contribution in [1.29, 1.82) is 0 Å². The van der Waals surface area contributed by atoms with Crippen LogP contribution in [0.3, 0.4) is 0 Å². The molecule has 0 radical (unpaired) electrons. The molecule has 2 aromatic rings. The van der Waals surface area contributed by atoms with Gasteiger partial charge < -0.3 is 11.1 Å². The highest BCUT2D eigenvalue weighted by molar-refractivity contribution is 6.07. The monoisotopic (exact) mass is 289 g/mol. The fourth-order valence-electron chi connectivity index (χ4n) is 1.85. The molecule has 21 heavy (non-hydrogen) atoms. The molecule has 2 rings (SSSR count). The number of rotatable bonds is 3. The maximum atomic E-state index is 13.0. The molecule has 0 saturated carbocycles. The van der Waals surface area contributed by atoms with Crippen LogP contribution in [0.5, 0.6) is 0 Å². The molecule has 0 fully saturated rings. The van der Waals surface area contributed by atoms with E-state index in [1.807, 2.05) is 0 Å². The van der Waals surface area contributed by atoms with Crippen molar-refractivity contribution in [2.45, 2.75) is 6.92 Å². The van der Waals surface area contributed by atoms with Crippen LogP contribution >= 0.6 is 0 Å². The molecule has 6 nitrogen and oxygen atoms in total. The predicted molar refractivity (Wildman–Crippen MR) is 76.6 cm³/mol. The van der Waals surface area contributed by atoms with Crippen molar-refractivity contribution in [3.8, 4) is 0 Å². The molecule has 0 saturated heterocycles. The van der Waals surface area contributed by atoms with Crippen molar-refractivity contribution in [2.24, 2.45) is 0 Å². The van der Waals surface area contributed by atoms with Gasteiger partial charge in [-0.2, -0.15) is 0 Å². The summed E-state index contributed by atoms with van der Waals surface area (Å²) in [5.74, 6) is -1.11. The molecule has 108 valence electrons. The van der Waals surface area contributed by atoms with Crippen LogP contribution in [0.4, 0.5) is 21.5 Å². The van der Waals surface area contributed by atoms with E-state index >= 15 is 0 Å². The molecule has 0 aromatic heterocycles. The summed E-state index contributed by atoms with van der Waals surface area (Å²) >= 11 is 0. The molecule has 1 amide bonds. The van der Waals surface area contributed by atoms with Crippen molar-refractivity contribution < 1.29 is 14.1 Å². The first-order valence-corrected chi connectivity index (χ1v) is 6.00. The van der Waals surface area contributed by atoms with Gasteiger partial charge >= 0.3 is 0 Å². The fourth-order valence-corrected chi connectivity index (χ4v) is 1.85. The minimum atomic E-state index is -0.677. The molecule has 0 unspecified atom stereocenters. The number of nitro groups is 1. The smallest absolute Gasteiger partial charge is 0.282 e. The third-order valence-corrected chi connectivity index (χ3v) is 2.90. The summed E-state index contributed by atoms with van der Waals surface area (Å²) in [7, 11) is 0. The summed E-state index contributed by atoms with van der Waals surface area (Å²) in [6.07, 6.45) is 0. The van der Waals surface area contributed by atoms with Crippen LogP contribution in [0.1, 0.15) is 15.9 Å². The summed E-state index contributed by atoms with van der Waals surface area (Å²) < 4.78 is 13.0. The summed E-state index contributed by atoms with van der Waals surface area (Å²) in [6.45, 7) is 1.62. The number of hydrogen-bond donors (Lipinski definition) is 2. The van der Waals surface area contributed by atoms with Gasteiger partial charge in [0.2, 0.25) is 0 Å². The number of hydrogen-bond acceptors (Lipinski definition) is 4. The van der Waals surface area contributed by atoms with Gasteiger partial charge in [0.15, 0.2) is 0 Å². The highest BCUT2D eigenvalue weighted by Gasteiger charge is 2.20. The van der Waals surface area contributed by atoms with E-state index in [1.54, 1.807) is 6.92 Å². The highest BCUT2D eigenvalue weighted by Crippen LogP contribution is 2.23. The lowest BCUT2D eigenvalue weighted by molar-refractivity contribution is -0.385. The van der Waals surface area contributed by atoms with E-state index in [0.29, 0.717) is 11.3 Å². The largest absolute Gasteiger partial charge is 0.399 e. The van der Waals surface area contributed by atoms with Gasteiger partial charge in [-0.3, -0.25) is 14.9 Å². The molecule has 0 spiro atoms. The quantitative estimate of drug-likeness (QED) is 0.515. The van der Waals surface area contributed by atoms with E-state index in [9.17, 15) is 19.3 Å². The number of halogens is 1. The van der Waals surface area contributed by atoms with Crippen molar-refractivity contribution in [2.75, 3.05) is 11.1 Å². The Morgan fingerprint density at radius 1 is 1.29 bits per heavy atom. The number of carbonyl (C=O) groups excluding carboxylic acids is 1. The predicted octanol–water partition coefficient (Wildman–Crippen LogP) is 2.88. The molecule has 3 N–H and O–H groups in total.